The lowest BCUT2D eigenvalue weighted by atomic mass is 10.2. The highest BCUT2D eigenvalue weighted by Gasteiger charge is 2.21. The Morgan fingerprint density at radius 2 is 1.84 bits per heavy atom. The van der Waals surface area contributed by atoms with Crippen LogP contribution in [0.25, 0.3) is 0 Å². The molecular formula is C17H19F2N5O. The summed E-state index contributed by atoms with van der Waals surface area (Å²) in [4.78, 5) is 24.8. The predicted molar refractivity (Wildman–Crippen MR) is 92.1 cm³/mol. The molecule has 0 spiro atoms. The van der Waals surface area contributed by atoms with Crippen molar-refractivity contribution in [2.24, 2.45) is 0 Å². The number of benzene rings is 1. The van der Waals surface area contributed by atoms with E-state index in [9.17, 15) is 13.6 Å². The Bertz CT molecular complexity index is 770. The average molecular weight is 347 g/mol. The van der Waals surface area contributed by atoms with Gasteiger partial charge in [0.05, 0.1) is 6.20 Å². The second-order valence-electron chi connectivity index (χ2n) is 6.05. The maximum Gasteiger partial charge on any atom is 0.261 e. The zero-order chi connectivity index (χ0) is 18.0. The molecule has 0 aliphatic carbocycles. The molecule has 1 aromatic carbocycles. The lowest BCUT2D eigenvalue weighted by Gasteiger charge is -2.21. The number of carbonyl (C=O) groups excluding carboxylic acids is 1. The average Bonchev–Trinajstić information content (AvgIpc) is 3.09. The van der Waals surface area contributed by atoms with Crippen LogP contribution in [0.1, 0.15) is 23.2 Å². The third kappa shape index (κ3) is 3.52. The summed E-state index contributed by atoms with van der Waals surface area (Å²) in [6, 6.07) is 3.29. The molecule has 6 nitrogen and oxygen atoms in total. The Morgan fingerprint density at radius 3 is 2.44 bits per heavy atom. The number of aromatic nitrogens is 2. The Balaban J connectivity index is 1.90. The number of hydrogen-bond acceptors (Lipinski definition) is 5. The summed E-state index contributed by atoms with van der Waals surface area (Å²) in [5, 5.41) is 2.50. The third-order valence-corrected chi connectivity index (χ3v) is 4.01. The Labute approximate surface area is 144 Å². The van der Waals surface area contributed by atoms with Crippen LogP contribution in [0.4, 0.5) is 26.2 Å². The highest BCUT2D eigenvalue weighted by Crippen LogP contribution is 2.26. The number of hydrogen-bond donors (Lipinski definition) is 1. The van der Waals surface area contributed by atoms with E-state index in [1.54, 1.807) is 19.0 Å². The lowest BCUT2D eigenvalue weighted by molar-refractivity contribution is 0.101. The van der Waals surface area contributed by atoms with Gasteiger partial charge in [0.15, 0.2) is 5.82 Å². The van der Waals surface area contributed by atoms with Gasteiger partial charge >= 0.3 is 0 Å². The highest BCUT2D eigenvalue weighted by molar-refractivity contribution is 6.06. The molecule has 25 heavy (non-hydrogen) atoms. The molecule has 1 amide bonds. The number of nitrogens with one attached hydrogen (secondary N) is 1. The van der Waals surface area contributed by atoms with E-state index in [4.69, 9.17) is 0 Å². The summed E-state index contributed by atoms with van der Waals surface area (Å²) in [6.07, 6.45) is 3.64. The minimum absolute atomic E-state index is 0.292. The summed E-state index contributed by atoms with van der Waals surface area (Å²) < 4.78 is 27.6. The molecule has 8 heteroatoms. The predicted octanol–water partition coefficient (Wildman–Crippen LogP) is 2.67. The van der Waals surface area contributed by atoms with E-state index >= 15 is 0 Å². The van der Waals surface area contributed by atoms with Crippen molar-refractivity contribution in [1.82, 2.24) is 9.97 Å². The van der Waals surface area contributed by atoms with Gasteiger partial charge in [-0.3, -0.25) is 4.79 Å². The minimum atomic E-state index is -0.918. The quantitative estimate of drug-likeness (QED) is 0.921. The fourth-order valence-electron chi connectivity index (χ4n) is 2.76. The molecule has 1 aromatic heterocycles. The molecule has 2 aromatic rings. The van der Waals surface area contributed by atoms with Gasteiger partial charge in [0.1, 0.15) is 22.9 Å². The molecular weight excluding hydrogens is 328 g/mol. The third-order valence-electron chi connectivity index (χ3n) is 4.01. The van der Waals surface area contributed by atoms with E-state index < -0.39 is 23.1 Å². The maximum absolute atomic E-state index is 13.8. The highest BCUT2D eigenvalue weighted by atomic mass is 19.1. The number of amides is 1. The van der Waals surface area contributed by atoms with Crippen LogP contribution >= 0.6 is 0 Å². The Morgan fingerprint density at radius 1 is 1.20 bits per heavy atom. The Kier molecular flexibility index (Phi) is 4.78. The van der Waals surface area contributed by atoms with Crippen LogP contribution < -0.4 is 15.1 Å². The molecule has 3 rings (SSSR count). The SMILES string of the molecule is CN(C)c1nc(N2CCCC2)ncc1NC(=O)c1c(F)cccc1F. The molecule has 0 unspecified atom stereocenters. The second-order valence-corrected chi connectivity index (χ2v) is 6.05. The summed E-state index contributed by atoms with van der Waals surface area (Å²) in [6.45, 7) is 1.78. The molecule has 1 aliphatic heterocycles. The van der Waals surface area contributed by atoms with Crippen molar-refractivity contribution in [3.05, 3.63) is 41.6 Å². The van der Waals surface area contributed by atoms with E-state index in [0.29, 0.717) is 17.5 Å². The number of nitrogens with zero attached hydrogens (tertiary/aromatic N) is 4. The van der Waals surface area contributed by atoms with Gasteiger partial charge in [-0.05, 0) is 25.0 Å². The molecule has 1 fully saturated rings. The van der Waals surface area contributed by atoms with Crippen molar-refractivity contribution in [3.63, 3.8) is 0 Å². The van der Waals surface area contributed by atoms with Crippen LogP contribution in [0.15, 0.2) is 24.4 Å². The lowest BCUT2D eigenvalue weighted by Crippen LogP contribution is -2.24. The van der Waals surface area contributed by atoms with Crippen molar-refractivity contribution >= 4 is 23.4 Å². The first-order valence-electron chi connectivity index (χ1n) is 8.02. The van der Waals surface area contributed by atoms with E-state index in [1.807, 2.05) is 0 Å². The zero-order valence-electron chi connectivity index (χ0n) is 14.1. The second kappa shape index (κ2) is 7.00. The van der Waals surface area contributed by atoms with Crippen LogP contribution in [0.3, 0.4) is 0 Å². The van der Waals surface area contributed by atoms with Crippen LogP contribution in [0.2, 0.25) is 0 Å². The summed E-state index contributed by atoms with van der Waals surface area (Å²) in [5.74, 6) is -1.66. The number of halogens is 2. The molecule has 1 aliphatic rings. The van der Waals surface area contributed by atoms with Gasteiger partial charge in [0, 0.05) is 27.2 Å². The fraction of sp³-hybridized carbons (Fsp3) is 0.353. The van der Waals surface area contributed by atoms with Crippen LogP contribution in [0.5, 0.6) is 0 Å². The first-order chi connectivity index (χ1) is 12.0. The first kappa shape index (κ1) is 17.1. The van der Waals surface area contributed by atoms with Gasteiger partial charge in [-0.1, -0.05) is 6.07 Å². The van der Waals surface area contributed by atoms with E-state index in [0.717, 1.165) is 38.1 Å². The standard InChI is InChI=1S/C17H19F2N5O/c1-23(2)15-13(10-20-17(22-15)24-8-3-4-9-24)21-16(25)14-11(18)6-5-7-12(14)19/h5-7,10H,3-4,8-9H2,1-2H3,(H,21,25). The number of rotatable bonds is 4. The first-order valence-corrected chi connectivity index (χ1v) is 8.02. The fourth-order valence-corrected chi connectivity index (χ4v) is 2.76. The monoisotopic (exact) mass is 347 g/mol. The van der Waals surface area contributed by atoms with Crippen molar-refractivity contribution in [1.29, 1.82) is 0 Å². The van der Waals surface area contributed by atoms with E-state index in [-0.39, 0.29) is 0 Å². The summed E-state index contributed by atoms with van der Waals surface area (Å²) >= 11 is 0. The van der Waals surface area contributed by atoms with Gasteiger partial charge in [0.2, 0.25) is 5.95 Å². The van der Waals surface area contributed by atoms with E-state index in [1.165, 1.54) is 12.3 Å². The van der Waals surface area contributed by atoms with Crippen LogP contribution in [-0.2, 0) is 0 Å². The molecule has 1 N–H and O–H groups in total. The van der Waals surface area contributed by atoms with Gasteiger partial charge in [-0.2, -0.15) is 4.98 Å². The van der Waals surface area contributed by atoms with Gasteiger partial charge < -0.3 is 15.1 Å². The topological polar surface area (TPSA) is 61.4 Å². The van der Waals surface area contributed by atoms with Crippen molar-refractivity contribution in [3.8, 4) is 0 Å². The number of carbonyl (C=O) groups is 1. The van der Waals surface area contributed by atoms with Crippen LogP contribution in [0, 0.1) is 11.6 Å². The van der Waals surface area contributed by atoms with Crippen molar-refractivity contribution in [2.75, 3.05) is 42.3 Å². The molecule has 0 atom stereocenters. The molecule has 0 saturated carbocycles. The molecule has 2 heterocycles. The van der Waals surface area contributed by atoms with E-state index in [2.05, 4.69) is 20.2 Å². The summed E-state index contributed by atoms with van der Waals surface area (Å²) in [7, 11) is 3.55. The van der Waals surface area contributed by atoms with Crippen molar-refractivity contribution < 1.29 is 13.6 Å². The largest absolute Gasteiger partial charge is 0.361 e. The van der Waals surface area contributed by atoms with Crippen molar-refractivity contribution in [2.45, 2.75) is 12.8 Å². The van der Waals surface area contributed by atoms with Crippen LogP contribution in [-0.4, -0.2) is 43.1 Å². The summed E-state index contributed by atoms with van der Waals surface area (Å²) in [5.41, 5.74) is -0.337. The molecule has 0 bridgehead atoms. The molecule has 0 radical (unpaired) electrons. The Hall–Kier alpha value is -2.77. The molecule has 132 valence electrons. The minimum Gasteiger partial charge on any atom is -0.361 e. The van der Waals surface area contributed by atoms with Gasteiger partial charge in [-0.25, -0.2) is 13.8 Å². The maximum atomic E-state index is 13.8. The van der Waals surface area contributed by atoms with Gasteiger partial charge in [-0.15, -0.1) is 0 Å². The normalized spacial score (nSPS) is 13.8. The zero-order valence-corrected chi connectivity index (χ0v) is 14.1. The van der Waals surface area contributed by atoms with Gasteiger partial charge in [0.25, 0.3) is 5.91 Å². The smallest absolute Gasteiger partial charge is 0.261 e. The number of anilines is 3. The molecule has 1 saturated heterocycles.